The zero-order valence-corrected chi connectivity index (χ0v) is 13.6. The Hall–Kier alpha value is -1.86. The van der Waals surface area contributed by atoms with Crippen molar-refractivity contribution in [2.24, 2.45) is 7.05 Å². The maximum absolute atomic E-state index is 12.0. The van der Waals surface area contributed by atoms with Crippen LogP contribution in [0.2, 0.25) is 0 Å². The minimum atomic E-state index is -0.0859. The van der Waals surface area contributed by atoms with E-state index in [0.717, 1.165) is 10.3 Å². The summed E-state index contributed by atoms with van der Waals surface area (Å²) in [4.78, 5) is 18.2. The average Bonchev–Trinajstić information content (AvgIpc) is 2.78. The number of likely N-dealkylation sites (N-methyl/N-ethyl adjacent to an activating group) is 1. The molecule has 0 radical (unpaired) electrons. The van der Waals surface area contributed by atoms with Crippen molar-refractivity contribution >= 4 is 33.2 Å². The molecule has 6 nitrogen and oxygen atoms in total. The summed E-state index contributed by atoms with van der Waals surface area (Å²) in [5, 5.41) is 2.85. The zero-order valence-electron chi connectivity index (χ0n) is 12.0. The molecule has 0 aliphatic rings. The van der Waals surface area contributed by atoms with Crippen LogP contribution in [0.5, 0.6) is 0 Å². The summed E-state index contributed by atoms with van der Waals surface area (Å²) in [5.41, 5.74) is 7.02. The number of aromatic nitrogens is 2. The van der Waals surface area contributed by atoms with E-state index in [1.807, 2.05) is 29.8 Å². The zero-order chi connectivity index (χ0) is 15.4. The molecule has 2 rings (SSSR count). The fourth-order valence-corrected chi connectivity index (χ4v) is 2.41. The van der Waals surface area contributed by atoms with Gasteiger partial charge < -0.3 is 15.6 Å². The van der Waals surface area contributed by atoms with Crippen molar-refractivity contribution in [3.63, 3.8) is 0 Å². The van der Waals surface area contributed by atoms with Gasteiger partial charge in [0.15, 0.2) is 0 Å². The Labute approximate surface area is 132 Å². The van der Waals surface area contributed by atoms with Crippen LogP contribution in [-0.4, -0.2) is 34.0 Å². The van der Waals surface area contributed by atoms with Gasteiger partial charge in [0.05, 0.1) is 18.8 Å². The lowest BCUT2D eigenvalue weighted by Gasteiger charge is -2.16. The fourth-order valence-electron chi connectivity index (χ4n) is 1.91. The maximum Gasteiger partial charge on any atom is 0.238 e. The fraction of sp³-hybridized carbons (Fsp3) is 0.286. The van der Waals surface area contributed by atoms with Gasteiger partial charge in [0.1, 0.15) is 5.82 Å². The third kappa shape index (κ3) is 4.30. The average molecular weight is 352 g/mol. The van der Waals surface area contributed by atoms with Crippen LogP contribution in [0.25, 0.3) is 0 Å². The molecule has 1 aromatic heterocycles. The van der Waals surface area contributed by atoms with Gasteiger partial charge in [-0.25, -0.2) is 4.98 Å². The number of nitrogens with zero attached hydrogens (tertiary/aromatic N) is 3. The van der Waals surface area contributed by atoms with Crippen molar-refractivity contribution in [2.75, 3.05) is 24.6 Å². The third-order valence-electron chi connectivity index (χ3n) is 3.01. The standard InChI is InChI=1S/C14H18BrN5O/c1-19(8-13-17-5-6-20(13)2)9-14(21)18-12-4-3-10(16)7-11(12)15/h3-7H,8-9,16H2,1-2H3,(H,18,21). The molecule has 112 valence electrons. The first kappa shape index (κ1) is 15.5. The molecule has 0 fully saturated rings. The van der Waals surface area contributed by atoms with E-state index in [2.05, 4.69) is 26.2 Å². The number of nitrogen functional groups attached to an aromatic ring is 1. The summed E-state index contributed by atoms with van der Waals surface area (Å²) in [6.07, 6.45) is 3.63. The molecular formula is C14H18BrN5O. The van der Waals surface area contributed by atoms with Gasteiger partial charge in [-0.15, -0.1) is 0 Å². The number of amides is 1. The first-order chi connectivity index (χ1) is 9.95. The molecule has 1 aromatic carbocycles. The number of aryl methyl sites for hydroxylation is 1. The highest BCUT2D eigenvalue weighted by atomic mass is 79.9. The number of benzene rings is 1. The normalized spacial score (nSPS) is 10.9. The van der Waals surface area contributed by atoms with E-state index in [1.165, 1.54) is 0 Å². The van der Waals surface area contributed by atoms with Gasteiger partial charge in [-0.05, 0) is 41.2 Å². The summed E-state index contributed by atoms with van der Waals surface area (Å²) in [5.74, 6) is 0.830. The second kappa shape index (κ2) is 6.73. The molecule has 0 atom stereocenters. The molecule has 0 aliphatic heterocycles. The van der Waals surface area contributed by atoms with E-state index < -0.39 is 0 Å². The molecule has 0 spiro atoms. The van der Waals surface area contributed by atoms with Crippen molar-refractivity contribution in [3.05, 3.63) is 40.9 Å². The number of carbonyl (C=O) groups is 1. The van der Waals surface area contributed by atoms with Crippen LogP contribution in [0.3, 0.4) is 0 Å². The monoisotopic (exact) mass is 351 g/mol. The number of rotatable bonds is 5. The Balaban J connectivity index is 1.90. The maximum atomic E-state index is 12.0. The lowest BCUT2D eigenvalue weighted by molar-refractivity contribution is -0.117. The molecule has 0 bridgehead atoms. The first-order valence-electron chi connectivity index (χ1n) is 6.45. The summed E-state index contributed by atoms with van der Waals surface area (Å²) < 4.78 is 2.70. The van der Waals surface area contributed by atoms with Crippen molar-refractivity contribution < 1.29 is 4.79 Å². The molecular weight excluding hydrogens is 334 g/mol. The van der Waals surface area contributed by atoms with Crippen LogP contribution in [0.4, 0.5) is 11.4 Å². The Kier molecular flexibility index (Phi) is 4.98. The summed E-state index contributed by atoms with van der Waals surface area (Å²) in [6.45, 7) is 0.892. The highest BCUT2D eigenvalue weighted by Crippen LogP contribution is 2.24. The second-order valence-electron chi connectivity index (χ2n) is 4.91. The largest absolute Gasteiger partial charge is 0.399 e. The SMILES string of the molecule is CN(CC(=O)Nc1ccc(N)cc1Br)Cc1nccn1C. The van der Waals surface area contributed by atoms with E-state index >= 15 is 0 Å². The smallest absolute Gasteiger partial charge is 0.238 e. The summed E-state index contributed by atoms with van der Waals surface area (Å²) >= 11 is 3.38. The van der Waals surface area contributed by atoms with Crippen molar-refractivity contribution in [1.29, 1.82) is 0 Å². The Bertz CT molecular complexity index is 640. The van der Waals surface area contributed by atoms with Crippen molar-refractivity contribution in [2.45, 2.75) is 6.54 Å². The predicted octanol–water partition coefficient (Wildman–Crippen LogP) is 1.84. The van der Waals surface area contributed by atoms with Crippen molar-refractivity contribution in [3.8, 4) is 0 Å². The minimum Gasteiger partial charge on any atom is -0.399 e. The number of nitrogens with one attached hydrogen (secondary N) is 1. The minimum absolute atomic E-state index is 0.0859. The Morgan fingerprint density at radius 2 is 2.29 bits per heavy atom. The number of anilines is 2. The van der Waals surface area contributed by atoms with E-state index in [1.54, 1.807) is 24.4 Å². The molecule has 0 unspecified atom stereocenters. The molecule has 0 saturated heterocycles. The van der Waals surface area contributed by atoms with Gasteiger partial charge in [-0.2, -0.15) is 0 Å². The van der Waals surface area contributed by atoms with Crippen LogP contribution < -0.4 is 11.1 Å². The van der Waals surface area contributed by atoms with Gasteiger partial charge in [0.2, 0.25) is 5.91 Å². The molecule has 7 heteroatoms. The number of halogens is 1. The number of imidazole rings is 1. The highest BCUT2D eigenvalue weighted by Gasteiger charge is 2.11. The molecule has 0 aliphatic carbocycles. The first-order valence-corrected chi connectivity index (χ1v) is 7.24. The van der Waals surface area contributed by atoms with Gasteiger partial charge in [0.25, 0.3) is 0 Å². The van der Waals surface area contributed by atoms with Crippen LogP contribution in [-0.2, 0) is 18.4 Å². The van der Waals surface area contributed by atoms with Crippen LogP contribution in [0, 0.1) is 0 Å². The molecule has 1 heterocycles. The summed E-state index contributed by atoms with van der Waals surface area (Å²) in [7, 11) is 3.81. The molecule has 1 amide bonds. The van der Waals surface area contributed by atoms with Crippen molar-refractivity contribution in [1.82, 2.24) is 14.5 Å². The Morgan fingerprint density at radius 3 is 2.90 bits per heavy atom. The van der Waals surface area contributed by atoms with Gasteiger partial charge >= 0.3 is 0 Å². The lowest BCUT2D eigenvalue weighted by Crippen LogP contribution is -2.30. The number of carbonyl (C=O) groups excluding carboxylic acids is 1. The van der Waals surface area contributed by atoms with E-state index in [9.17, 15) is 4.79 Å². The van der Waals surface area contributed by atoms with Gasteiger partial charge in [0, 0.05) is 29.6 Å². The molecule has 2 aromatic rings. The van der Waals surface area contributed by atoms with Crippen LogP contribution >= 0.6 is 15.9 Å². The second-order valence-corrected chi connectivity index (χ2v) is 5.77. The van der Waals surface area contributed by atoms with Gasteiger partial charge in [-0.1, -0.05) is 0 Å². The lowest BCUT2D eigenvalue weighted by atomic mass is 10.3. The third-order valence-corrected chi connectivity index (χ3v) is 3.67. The van der Waals surface area contributed by atoms with Crippen LogP contribution in [0.1, 0.15) is 5.82 Å². The van der Waals surface area contributed by atoms with Crippen LogP contribution in [0.15, 0.2) is 35.1 Å². The number of nitrogens with two attached hydrogens (primary N) is 1. The topological polar surface area (TPSA) is 76.2 Å². The number of hydrogen-bond acceptors (Lipinski definition) is 4. The number of hydrogen-bond donors (Lipinski definition) is 2. The predicted molar refractivity (Wildman–Crippen MR) is 86.7 cm³/mol. The van der Waals surface area contributed by atoms with E-state index in [4.69, 9.17) is 5.73 Å². The molecule has 3 N–H and O–H groups in total. The van der Waals surface area contributed by atoms with Gasteiger partial charge in [-0.3, -0.25) is 9.69 Å². The quantitative estimate of drug-likeness (QED) is 0.805. The van der Waals surface area contributed by atoms with E-state index in [0.29, 0.717) is 17.9 Å². The summed E-state index contributed by atoms with van der Waals surface area (Å²) in [6, 6.07) is 5.28. The Morgan fingerprint density at radius 1 is 1.52 bits per heavy atom. The highest BCUT2D eigenvalue weighted by molar-refractivity contribution is 9.10. The molecule has 21 heavy (non-hydrogen) atoms. The van der Waals surface area contributed by atoms with E-state index in [-0.39, 0.29) is 12.5 Å². The molecule has 0 saturated carbocycles.